The summed E-state index contributed by atoms with van der Waals surface area (Å²) < 4.78 is 24.0. The highest BCUT2D eigenvalue weighted by Gasteiger charge is 2.26. The fraction of sp³-hybridized carbons (Fsp3) is 0.214. The molecule has 1 amide bonds. The number of carbonyl (C=O) groups excluding carboxylic acids is 1. The lowest BCUT2D eigenvalue weighted by Gasteiger charge is -2.17. The summed E-state index contributed by atoms with van der Waals surface area (Å²) >= 11 is 0. The van der Waals surface area contributed by atoms with Gasteiger partial charge in [-0.2, -0.15) is 5.10 Å². The van der Waals surface area contributed by atoms with E-state index in [4.69, 9.17) is 18.3 Å². The number of aromatic nitrogens is 3. The van der Waals surface area contributed by atoms with Gasteiger partial charge in [0.2, 0.25) is 16.9 Å². The summed E-state index contributed by atoms with van der Waals surface area (Å²) in [5, 5.41) is 7.43. The summed E-state index contributed by atoms with van der Waals surface area (Å²) in [7, 11) is 4.92. The van der Waals surface area contributed by atoms with Crippen LogP contribution in [0.2, 0.25) is 0 Å². The molecule has 1 N–H and O–H groups in total. The molecule has 38 heavy (non-hydrogen) atoms. The van der Waals surface area contributed by atoms with Crippen LogP contribution in [-0.4, -0.2) is 34.9 Å². The standard InChI is InChI=1S/C28H26N4O6/c1-16-13-22(33)27-26(37-16)21(25(38-27)18-7-11-20(36-4)12-8-18)14-23(34)30-24(28-29-15-32(2)31-28)17-5-9-19(35-3)10-6-17/h5-13,15,24H,14H2,1-4H3,(H,30,34). The summed E-state index contributed by atoms with van der Waals surface area (Å²) in [6, 6.07) is 15.2. The number of methoxy groups -OCH3 is 2. The van der Waals surface area contributed by atoms with Crippen molar-refractivity contribution in [2.24, 2.45) is 7.05 Å². The largest absolute Gasteiger partial charge is 0.497 e. The van der Waals surface area contributed by atoms with Gasteiger partial charge in [-0.1, -0.05) is 12.1 Å². The lowest BCUT2D eigenvalue weighted by molar-refractivity contribution is -0.121. The van der Waals surface area contributed by atoms with E-state index in [0.717, 1.165) is 5.56 Å². The molecule has 194 valence electrons. The molecule has 0 fully saturated rings. The maximum atomic E-state index is 13.5. The second kappa shape index (κ2) is 10.3. The predicted molar refractivity (Wildman–Crippen MR) is 139 cm³/mol. The number of benzene rings is 2. The number of hydrogen-bond donors (Lipinski definition) is 1. The Kier molecular flexibility index (Phi) is 6.69. The highest BCUT2D eigenvalue weighted by molar-refractivity contribution is 5.90. The van der Waals surface area contributed by atoms with Gasteiger partial charge in [0.15, 0.2) is 11.4 Å². The normalized spacial score (nSPS) is 11.9. The molecule has 0 radical (unpaired) electrons. The summed E-state index contributed by atoms with van der Waals surface area (Å²) in [5.41, 5.74) is 1.90. The van der Waals surface area contributed by atoms with E-state index in [1.54, 1.807) is 75.6 Å². The molecule has 0 bridgehead atoms. The van der Waals surface area contributed by atoms with E-state index in [2.05, 4.69) is 15.4 Å². The number of hydrogen-bond acceptors (Lipinski definition) is 8. The minimum atomic E-state index is -0.619. The Morgan fingerprint density at radius 2 is 1.66 bits per heavy atom. The van der Waals surface area contributed by atoms with Crippen molar-refractivity contribution >= 4 is 17.1 Å². The van der Waals surface area contributed by atoms with E-state index in [-0.39, 0.29) is 28.9 Å². The number of carbonyl (C=O) groups is 1. The maximum absolute atomic E-state index is 13.5. The molecule has 0 aliphatic rings. The molecule has 5 aromatic rings. The minimum absolute atomic E-state index is 0.0577. The van der Waals surface area contributed by atoms with Gasteiger partial charge in [0.1, 0.15) is 35.4 Å². The molecule has 10 nitrogen and oxygen atoms in total. The molecule has 5 rings (SSSR count). The van der Waals surface area contributed by atoms with Crippen molar-refractivity contribution in [2.45, 2.75) is 19.4 Å². The van der Waals surface area contributed by atoms with Gasteiger partial charge in [0, 0.05) is 18.7 Å². The van der Waals surface area contributed by atoms with Gasteiger partial charge in [-0.25, -0.2) is 4.98 Å². The van der Waals surface area contributed by atoms with Crippen LogP contribution in [0.25, 0.3) is 22.5 Å². The Morgan fingerprint density at radius 1 is 1.00 bits per heavy atom. The Bertz CT molecular complexity index is 1650. The number of amides is 1. The molecular formula is C28H26N4O6. The Balaban J connectivity index is 1.53. The van der Waals surface area contributed by atoms with Gasteiger partial charge in [0.05, 0.1) is 26.2 Å². The molecule has 3 heterocycles. The van der Waals surface area contributed by atoms with Gasteiger partial charge in [0.25, 0.3) is 0 Å². The van der Waals surface area contributed by atoms with Crippen LogP contribution in [-0.2, 0) is 18.3 Å². The summed E-state index contributed by atoms with van der Waals surface area (Å²) in [5.74, 6) is 2.24. The molecule has 10 heteroatoms. The highest BCUT2D eigenvalue weighted by Crippen LogP contribution is 2.34. The van der Waals surface area contributed by atoms with Crippen LogP contribution in [0.3, 0.4) is 0 Å². The third-order valence-corrected chi connectivity index (χ3v) is 6.10. The van der Waals surface area contributed by atoms with Crippen LogP contribution < -0.4 is 20.2 Å². The third kappa shape index (κ3) is 4.88. The van der Waals surface area contributed by atoms with Crippen LogP contribution >= 0.6 is 0 Å². The SMILES string of the molecule is COc1ccc(-c2oc3c(=O)cc(C)oc3c2CC(=O)NC(c2ccc(OC)cc2)c2ncn(C)n2)cc1. The molecule has 2 aromatic carbocycles. The van der Waals surface area contributed by atoms with Crippen LogP contribution in [0.5, 0.6) is 11.5 Å². The topological polar surface area (TPSA) is 122 Å². The first-order chi connectivity index (χ1) is 18.4. The molecule has 0 saturated carbocycles. The molecule has 1 unspecified atom stereocenters. The maximum Gasteiger partial charge on any atom is 0.228 e. The van der Waals surface area contributed by atoms with Crippen LogP contribution in [0.4, 0.5) is 0 Å². The zero-order chi connectivity index (χ0) is 26.8. The van der Waals surface area contributed by atoms with Crippen LogP contribution in [0.15, 0.2) is 74.6 Å². The van der Waals surface area contributed by atoms with E-state index >= 15 is 0 Å². The average molecular weight is 515 g/mol. The van der Waals surface area contributed by atoms with Crippen molar-refractivity contribution in [1.29, 1.82) is 0 Å². The summed E-state index contributed by atoms with van der Waals surface area (Å²) in [6.45, 7) is 1.68. The lowest BCUT2D eigenvalue weighted by atomic mass is 10.0. The van der Waals surface area contributed by atoms with Crippen molar-refractivity contribution in [3.63, 3.8) is 0 Å². The van der Waals surface area contributed by atoms with E-state index in [1.807, 2.05) is 12.1 Å². The molecule has 0 aliphatic carbocycles. The van der Waals surface area contributed by atoms with E-state index < -0.39 is 6.04 Å². The van der Waals surface area contributed by atoms with Gasteiger partial charge in [-0.05, 0) is 48.9 Å². The molecule has 1 atom stereocenters. The van der Waals surface area contributed by atoms with E-state index in [9.17, 15) is 9.59 Å². The number of nitrogens with zero attached hydrogens (tertiary/aromatic N) is 3. The van der Waals surface area contributed by atoms with Crippen LogP contribution in [0.1, 0.15) is 28.8 Å². The first kappa shape index (κ1) is 24.8. The van der Waals surface area contributed by atoms with E-state index in [1.165, 1.54) is 6.07 Å². The molecule has 0 spiro atoms. The number of nitrogens with one attached hydrogen (secondary N) is 1. The Morgan fingerprint density at radius 3 is 2.26 bits per heavy atom. The van der Waals surface area contributed by atoms with Crippen molar-refractivity contribution in [3.8, 4) is 22.8 Å². The third-order valence-electron chi connectivity index (χ3n) is 6.10. The zero-order valence-electron chi connectivity index (χ0n) is 21.3. The summed E-state index contributed by atoms with van der Waals surface area (Å²) in [6.07, 6.45) is 1.46. The summed E-state index contributed by atoms with van der Waals surface area (Å²) in [4.78, 5) is 30.6. The number of fused-ring (bicyclic) bond motifs is 1. The molecular weight excluding hydrogens is 488 g/mol. The smallest absolute Gasteiger partial charge is 0.228 e. The van der Waals surface area contributed by atoms with Gasteiger partial charge in [-0.3, -0.25) is 14.3 Å². The quantitative estimate of drug-likeness (QED) is 0.330. The van der Waals surface area contributed by atoms with Crippen molar-refractivity contribution < 1.29 is 23.1 Å². The number of ether oxygens (including phenoxy) is 2. The monoisotopic (exact) mass is 514 g/mol. The average Bonchev–Trinajstić information content (AvgIpc) is 3.51. The number of furan rings is 1. The Hall–Kier alpha value is -4.86. The zero-order valence-corrected chi connectivity index (χ0v) is 21.3. The first-order valence-electron chi connectivity index (χ1n) is 11.9. The molecule has 0 aliphatic heterocycles. The van der Waals surface area contributed by atoms with Crippen molar-refractivity contribution in [3.05, 3.63) is 93.9 Å². The fourth-order valence-electron chi connectivity index (χ4n) is 4.25. The van der Waals surface area contributed by atoms with E-state index in [0.29, 0.717) is 40.0 Å². The Labute approximate surface area is 217 Å². The van der Waals surface area contributed by atoms with Crippen molar-refractivity contribution in [1.82, 2.24) is 20.1 Å². The predicted octanol–water partition coefficient (Wildman–Crippen LogP) is 3.96. The van der Waals surface area contributed by atoms with Crippen LogP contribution in [0, 0.1) is 6.92 Å². The van der Waals surface area contributed by atoms with Crippen molar-refractivity contribution in [2.75, 3.05) is 14.2 Å². The lowest BCUT2D eigenvalue weighted by Crippen LogP contribution is -2.31. The minimum Gasteiger partial charge on any atom is -0.497 e. The second-order valence-electron chi connectivity index (χ2n) is 8.74. The van der Waals surface area contributed by atoms with Gasteiger partial charge < -0.3 is 23.6 Å². The molecule has 0 saturated heterocycles. The van der Waals surface area contributed by atoms with Gasteiger partial charge in [-0.15, -0.1) is 0 Å². The fourth-order valence-corrected chi connectivity index (χ4v) is 4.25. The number of rotatable bonds is 8. The molecule has 3 aromatic heterocycles. The highest BCUT2D eigenvalue weighted by atomic mass is 16.5. The number of aryl methyl sites for hydroxylation is 2. The second-order valence-corrected chi connectivity index (χ2v) is 8.74. The first-order valence-corrected chi connectivity index (χ1v) is 11.9. The van der Waals surface area contributed by atoms with Gasteiger partial charge >= 0.3 is 0 Å².